The maximum absolute atomic E-state index is 4.46. The fraction of sp³-hybridized carbons (Fsp3) is 0.444. The van der Waals surface area contributed by atoms with E-state index < -0.39 is 0 Å². The first-order valence-corrected chi connectivity index (χ1v) is 7.94. The molecule has 116 valence electrons. The van der Waals surface area contributed by atoms with Gasteiger partial charge in [-0.25, -0.2) is 0 Å². The van der Waals surface area contributed by atoms with Crippen LogP contribution in [0.15, 0.2) is 30.6 Å². The van der Waals surface area contributed by atoms with Gasteiger partial charge in [-0.1, -0.05) is 17.7 Å². The molecule has 0 radical (unpaired) electrons. The van der Waals surface area contributed by atoms with Crippen LogP contribution >= 0.6 is 0 Å². The Morgan fingerprint density at radius 1 is 0.955 bits per heavy atom. The molecule has 0 bridgehead atoms. The van der Waals surface area contributed by atoms with Crippen LogP contribution in [0.5, 0.6) is 0 Å². The number of hydrogen-bond acceptors (Lipinski definition) is 4. The van der Waals surface area contributed by atoms with E-state index in [4.69, 9.17) is 0 Å². The highest BCUT2D eigenvalue weighted by molar-refractivity contribution is 5.54. The number of piperazine rings is 1. The molecule has 1 aliphatic heterocycles. The summed E-state index contributed by atoms with van der Waals surface area (Å²) in [5, 5.41) is 0. The lowest BCUT2D eigenvalue weighted by Crippen LogP contribution is -2.46. The third kappa shape index (κ3) is 3.45. The van der Waals surface area contributed by atoms with Gasteiger partial charge >= 0.3 is 0 Å². The highest BCUT2D eigenvalue weighted by Crippen LogP contribution is 2.22. The van der Waals surface area contributed by atoms with E-state index in [0.717, 1.165) is 44.1 Å². The van der Waals surface area contributed by atoms with E-state index in [1.54, 1.807) is 0 Å². The molecule has 22 heavy (non-hydrogen) atoms. The number of anilines is 1. The number of aromatic nitrogens is 2. The Bertz CT molecular complexity index is 628. The summed E-state index contributed by atoms with van der Waals surface area (Å²) in [6.45, 7) is 11.5. The highest BCUT2D eigenvalue weighted by atomic mass is 15.3. The van der Waals surface area contributed by atoms with Crippen LogP contribution in [-0.4, -0.2) is 41.0 Å². The average molecular weight is 296 g/mol. The summed E-state index contributed by atoms with van der Waals surface area (Å²) in [4.78, 5) is 13.7. The molecule has 2 aromatic rings. The van der Waals surface area contributed by atoms with E-state index in [0.29, 0.717) is 0 Å². The fourth-order valence-electron chi connectivity index (χ4n) is 3.04. The van der Waals surface area contributed by atoms with Gasteiger partial charge in [-0.2, -0.15) is 0 Å². The molecule has 1 saturated heterocycles. The molecule has 1 aromatic heterocycles. The number of benzene rings is 1. The molecule has 4 nitrogen and oxygen atoms in total. The molecule has 1 aromatic carbocycles. The Kier molecular flexibility index (Phi) is 4.39. The van der Waals surface area contributed by atoms with Crippen LogP contribution in [0.25, 0.3) is 0 Å². The summed E-state index contributed by atoms with van der Waals surface area (Å²) < 4.78 is 0. The molecular formula is C18H24N4. The Hall–Kier alpha value is -1.94. The molecular weight excluding hydrogens is 272 g/mol. The van der Waals surface area contributed by atoms with Crippen molar-refractivity contribution in [3.8, 4) is 0 Å². The zero-order chi connectivity index (χ0) is 15.5. The molecule has 4 heteroatoms. The van der Waals surface area contributed by atoms with Crippen molar-refractivity contribution in [2.75, 3.05) is 31.1 Å². The summed E-state index contributed by atoms with van der Waals surface area (Å²) in [5.41, 5.74) is 6.12. The lowest BCUT2D eigenvalue weighted by Gasteiger charge is -2.36. The second-order valence-electron chi connectivity index (χ2n) is 6.20. The maximum atomic E-state index is 4.46. The highest BCUT2D eigenvalue weighted by Gasteiger charge is 2.18. The van der Waals surface area contributed by atoms with Gasteiger partial charge in [0.1, 0.15) is 0 Å². The van der Waals surface area contributed by atoms with Crippen molar-refractivity contribution in [2.24, 2.45) is 0 Å². The Morgan fingerprint density at radius 2 is 1.73 bits per heavy atom. The molecule has 0 N–H and O–H groups in total. The molecule has 1 fully saturated rings. The minimum atomic E-state index is 0.897. The Labute approximate surface area is 132 Å². The van der Waals surface area contributed by atoms with E-state index in [2.05, 4.69) is 51.8 Å². The first kappa shape index (κ1) is 15.0. The molecule has 0 aliphatic carbocycles. The van der Waals surface area contributed by atoms with Gasteiger partial charge in [-0.15, -0.1) is 0 Å². The second kappa shape index (κ2) is 6.44. The summed E-state index contributed by atoms with van der Waals surface area (Å²) in [6.07, 6.45) is 3.74. The molecule has 0 amide bonds. The van der Waals surface area contributed by atoms with Crippen LogP contribution in [-0.2, 0) is 6.54 Å². The summed E-state index contributed by atoms with van der Waals surface area (Å²) in [7, 11) is 0. The number of rotatable bonds is 3. The van der Waals surface area contributed by atoms with Crippen molar-refractivity contribution >= 4 is 5.69 Å². The van der Waals surface area contributed by atoms with E-state index in [1.165, 1.54) is 16.8 Å². The van der Waals surface area contributed by atoms with Gasteiger partial charge in [0.2, 0.25) is 0 Å². The molecule has 1 aliphatic rings. The van der Waals surface area contributed by atoms with Crippen LogP contribution in [0, 0.1) is 20.8 Å². The Balaban J connectivity index is 1.59. The summed E-state index contributed by atoms with van der Waals surface area (Å²) in [5.74, 6) is 0. The van der Waals surface area contributed by atoms with Crippen molar-refractivity contribution < 1.29 is 0 Å². The summed E-state index contributed by atoms with van der Waals surface area (Å²) in [6, 6.07) is 6.73. The smallest absolute Gasteiger partial charge is 0.0727 e. The largest absolute Gasteiger partial charge is 0.369 e. The lowest BCUT2D eigenvalue weighted by atomic mass is 10.1. The number of aryl methyl sites for hydroxylation is 3. The zero-order valence-electron chi connectivity index (χ0n) is 13.7. The number of nitrogens with zero attached hydrogens (tertiary/aromatic N) is 4. The Morgan fingerprint density at radius 3 is 2.36 bits per heavy atom. The average Bonchev–Trinajstić information content (AvgIpc) is 2.51. The molecule has 2 heterocycles. The third-order valence-electron chi connectivity index (χ3n) is 4.29. The van der Waals surface area contributed by atoms with E-state index in [1.807, 2.05) is 19.3 Å². The minimum absolute atomic E-state index is 0.897. The van der Waals surface area contributed by atoms with Crippen LogP contribution in [0.1, 0.15) is 22.5 Å². The first-order valence-electron chi connectivity index (χ1n) is 7.94. The van der Waals surface area contributed by atoms with Crippen molar-refractivity contribution in [3.05, 3.63) is 53.1 Å². The molecule has 0 unspecified atom stereocenters. The fourth-order valence-corrected chi connectivity index (χ4v) is 3.04. The predicted octanol–water partition coefficient (Wildman–Crippen LogP) is 2.72. The first-order chi connectivity index (χ1) is 10.6. The zero-order valence-corrected chi connectivity index (χ0v) is 13.7. The normalized spacial score (nSPS) is 16.0. The molecule has 0 spiro atoms. The molecule has 0 saturated carbocycles. The SMILES string of the molecule is Cc1ccc(N2CCN(Cc3cnc(C)cn3)CC2)c(C)c1. The second-order valence-corrected chi connectivity index (χ2v) is 6.20. The van der Waals surface area contributed by atoms with Crippen molar-refractivity contribution in [2.45, 2.75) is 27.3 Å². The minimum Gasteiger partial charge on any atom is -0.369 e. The third-order valence-corrected chi connectivity index (χ3v) is 4.29. The van der Waals surface area contributed by atoms with Crippen LogP contribution < -0.4 is 4.90 Å². The van der Waals surface area contributed by atoms with Gasteiger partial charge < -0.3 is 4.90 Å². The van der Waals surface area contributed by atoms with Crippen molar-refractivity contribution in [3.63, 3.8) is 0 Å². The monoisotopic (exact) mass is 296 g/mol. The quantitative estimate of drug-likeness (QED) is 0.872. The van der Waals surface area contributed by atoms with E-state index in [9.17, 15) is 0 Å². The topological polar surface area (TPSA) is 32.3 Å². The van der Waals surface area contributed by atoms with Crippen LogP contribution in [0.2, 0.25) is 0 Å². The molecule has 0 atom stereocenters. The van der Waals surface area contributed by atoms with Crippen LogP contribution in [0.3, 0.4) is 0 Å². The standard InChI is InChI=1S/C18H24N4/c1-14-4-5-18(15(2)10-14)22-8-6-21(7-9-22)13-17-12-19-16(3)11-20-17/h4-5,10-12H,6-9,13H2,1-3H3. The lowest BCUT2D eigenvalue weighted by molar-refractivity contribution is 0.246. The van der Waals surface area contributed by atoms with Crippen molar-refractivity contribution in [1.82, 2.24) is 14.9 Å². The van der Waals surface area contributed by atoms with E-state index in [-0.39, 0.29) is 0 Å². The van der Waals surface area contributed by atoms with Gasteiger partial charge in [0.25, 0.3) is 0 Å². The van der Waals surface area contributed by atoms with Crippen LogP contribution in [0.4, 0.5) is 5.69 Å². The van der Waals surface area contributed by atoms with Gasteiger partial charge in [-0.05, 0) is 32.4 Å². The van der Waals surface area contributed by atoms with Gasteiger partial charge in [0.15, 0.2) is 0 Å². The predicted molar refractivity (Wildman–Crippen MR) is 90.2 cm³/mol. The number of hydrogen-bond donors (Lipinski definition) is 0. The molecule has 3 rings (SSSR count). The van der Waals surface area contributed by atoms with Gasteiger partial charge in [0, 0.05) is 50.8 Å². The van der Waals surface area contributed by atoms with Gasteiger partial charge in [-0.3, -0.25) is 14.9 Å². The summed E-state index contributed by atoms with van der Waals surface area (Å²) >= 11 is 0. The maximum Gasteiger partial charge on any atom is 0.0727 e. The van der Waals surface area contributed by atoms with Crippen molar-refractivity contribution in [1.29, 1.82) is 0 Å². The van der Waals surface area contributed by atoms with Gasteiger partial charge in [0.05, 0.1) is 11.4 Å². The van der Waals surface area contributed by atoms with E-state index >= 15 is 0 Å².